The normalized spacial score (nSPS) is 18.9. The summed E-state index contributed by atoms with van der Waals surface area (Å²) in [4.78, 5) is 23.9. The molecular formula is C13H11F4NO3. The van der Waals surface area contributed by atoms with Gasteiger partial charge in [-0.3, -0.25) is 9.59 Å². The van der Waals surface area contributed by atoms with Crippen LogP contribution in [0.5, 0.6) is 0 Å². The molecule has 1 amide bonds. The molecule has 1 fully saturated rings. The first-order chi connectivity index (χ1) is 9.71. The van der Waals surface area contributed by atoms with Gasteiger partial charge in [-0.1, -0.05) is 6.07 Å². The second kappa shape index (κ2) is 5.34. The van der Waals surface area contributed by atoms with Crippen LogP contribution in [0.3, 0.4) is 0 Å². The molecule has 1 N–H and O–H groups in total. The molecule has 0 radical (unpaired) electrons. The van der Waals surface area contributed by atoms with Crippen molar-refractivity contribution in [2.45, 2.75) is 12.6 Å². The number of benzene rings is 1. The number of halogens is 4. The van der Waals surface area contributed by atoms with Crippen LogP contribution in [0, 0.1) is 11.7 Å². The minimum atomic E-state index is -4.89. The summed E-state index contributed by atoms with van der Waals surface area (Å²) in [6.07, 6.45) is -4.70. The van der Waals surface area contributed by atoms with Crippen LogP contribution in [-0.2, 0) is 11.0 Å². The summed E-state index contributed by atoms with van der Waals surface area (Å²) in [5.74, 6) is -4.42. The third kappa shape index (κ3) is 2.98. The fourth-order valence-corrected chi connectivity index (χ4v) is 2.23. The summed E-state index contributed by atoms with van der Waals surface area (Å²) in [7, 11) is 0. The Hall–Kier alpha value is -2.12. The highest BCUT2D eigenvalue weighted by atomic mass is 19.4. The van der Waals surface area contributed by atoms with Crippen LogP contribution in [0.15, 0.2) is 18.2 Å². The zero-order valence-electron chi connectivity index (χ0n) is 10.7. The van der Waals surface area contributed by atoms with Crippen molar-refractivity contribution >= 4 is 11.9 Å². The molecule has 2 rings (SSSR count). The highest BCUT2D eigenvalue weighted by Gasteiger charge is 2.37. The molecule has 1 aliphatic rings. The molecule has 1 atom stereocenters. The number of hydrogen-bond donors (Lipinski definition) is 1. The number of alkyl halides is 3. The zero-order valence-corrected chi connectivity index (χ0v) is 10.7. The van der Waals surface area contributed by atoms with Crippen molar-refractivity contribution < 1.29 is 32.3 Å². The Morgan fingerprint density at radius 3 is 2.48 bits per heavy atom. The number of nitrogens with zero attached hydrogens (tertiary/aromatic N) is 1. The molecule has 8 heteroatoms. The van der Waals surface area contributed by atoms with Gasteiger partial charge in [0.15, 0.2) is 0 Å². The van der Waals surface area contributed by atoms with Gasteiger partial charge in [0, 0.05) is 13.1 Å². The lowest BCUT2D eigenvalue weighted by Crippen LogP contribution is -2.31. The van der Waals surface area contributed by atoms with Gasteiger partial charge in [0.2, 0.25) is 0 Å². The Morgan fingerprint density at radius 1 is 1.29 bits per heavy atom. The largest absolute Gasteiger partial charge is 0.481 e. The second-order valence-electron chi connectivity index (χ2n) is 4.74. The number of carboxylic acid groups (broad SMARTS) is 1. The van der Waals surface area contributed by atoms with E-state index in [0.717, 1.165) is 17.0 Å². The van der Waals surface area contributed by atoms with Gasteiger partial charge in [0.1, 0.15) is 5.82 Å². The number of carbonyl (C=O) groups excluding carboxylic acids is 1. The Bertz CT molecular complexity index is 585. The molecular weight excluding hydrogens is 294 g/mol. The molecule has 114 valence electrons. The molecule has 21 heavy (non-hydrogen) atoms. The Morgan fingerprint density at radius 2 is 1.95 bits per heavy atom. The topological polar surface area (TPSA) is 57.6 Å². The number of carboxylic acids is 1. The monoisotopic (exact) mass is 305 g/mol. The van der Waals surface area contributed by atoms with Crippen LogP contribution in [0.4, 0.5) is 17.6 Å². The van der Waals surface area contributed by atoms with Gasteiger partial charge in [-0.25, -0.2) is 4.39 Å². The van der Waals surface area contributed by atoms with Gasteiger partial charge < -0.3 is 10.0 Å². The van der Waals surface area contributed by atoms with Gasteiger partial charge in [0.05, 0.1) is 17.0 Å². The van der Waals surface area contributed by atoms with E-state index in [-0.39, 0.29) is 19.5 Å². The van der Waals surface area contributed by atoms with Gasteiger partial charge in [0.25, 0.3) is 5.91 Å². The molecule has 1 aliphatic heterocycles. The summed E-state index contributed by atoms with van der Waals surface area (Å²) >= 11 is 0. The SMILES string of the molecule is O=C(O)C1CCN(C(=O)c2cccc(C(F)(F)F)c2F)C1. The van der Waals surface area contributed by atoms with Crippen LogP contribution in [0.1, 0.15) is 22.3 Å². The summed E-state index contributed by atoms with van der Waals surface area (Å²) < 4.78 is 51.6. The highest BCUT2D eigenvalue weighted by Crippen LogP contribution is 2.33. The third-order valence-corrected chi connectivity index (χ3v) is 3.36. The molecule has 1 saturated heterocycles. The van der Waals surface area contributed by atoms with Crippen molar-refractivity contribution in [3.8, 4) is 0 Å². The molecule has 0 saturated carbocycles. The standard InChI is InChI=1S/C13H11F4NO3/c14-10-8(2-1-3-9(10)13(15,16)17)11(19)18-5-4-7(6-18)12(20)21/h1-3,7H,4-6H2,(H,20,21). The van der Waals surface area contributed by atoms with E-state index in [9.17, 15) is 27.2 Å². The first-order valence-corrected chi connectivity index (χ1v) is 6.09. The van der Waals surface area contributed by atoms with Crippen molar-refractivity contribution in [1.29, 1.82) is 0 Å². The minimum absolute atomic E-state index is 0.0749. The van der Waals surface area contributed by atoms with Gasteiger partial charge in [-0.15, -0.1) is 0 Å². The fourth-order valence-electron chi connectivity index (χ4n) is 2.23. The van der Waals surface area contributed by atoms with Crippen LogP contribution in [-0.4, -0.2) is 35.0 Å². The molecule has 1 unspecified atom stereocenters. The van der Waals surface area contributed by atoms with E-state index in [2.05, 4.69) is 0 Å². The first kappa shape index (κ1) is 15.3. The lowest BCUT2D eigenvalue weighted by Gasteiger charge is -2.17. The highest BCUT2D eigenvalue weighted by molar-refractivity contribution is 5.95. The number of amides is 1. The van der Waals surface area contributed by atoms with Crippen LogP contribution in [0.25, 0.3) is 0 Å². The maximum absolute atomic E-state index is 13.8. The summed E-state index contributed by atoms with van der Waals surface area (Å²) in [6.45, 7) is -0.0602. The summed E-state index contributed by atoms with van der Waals surface area (Å²) in [5.41, 5.74) is -2.21. The smallest absolute Gasteiger partial charge is 0.419 e. The van der Waals surface area contributed by atoms with E-state index in [1.165, 1.54) is 0 Å². The number of carbonyl (C=O) groups is 2. The Kier molecular flexibility index (Phi) is 3.89. The first-order valence-electron chi connectivity index (χ1n) is 6.09. The maximum Gasteiger partial charge on any atom is 0.419 e. The number of aliphatic carboxylic acids is 1. The van der Waals surface area contributed by atoms with Crippen molar-refractivity contribution in [2.24, 2.45) is 5.92 Å². The minimum Gasteiger partial charge on any atom is -0.481 e. The van der Waals surface area contributed by atoms with E-state index in [4.69, 9.17) is 5.11 Å². The predicted molar refractivity (Wildman–Crippen MR) is 63.0 cm³/mol. The number of likely N-dealkylation sites (tertiary alicyclic amines) is 1. The third-order valence-electron chi connectivity index (χ3n) is 3.36. The Labute approximate surface area is 117 Å². The second-order valence-corrected chi connectivity index (χ2v) is 4.74. The van der Waals surface area contributed by atoms with E-state index in [1.54, 1.807) is 0 Å². The van der Waals surface area contributed by atoms with E-state index < -0.39 is 40.9 Å². The average molecular weight is 305 g/mol. The average Bonchev–Trinajstić information content (AvgIpc) is 2.86. The summed E-state index contributed by atoms with van der Waals surface area (Å²) in [5, 5.41) is 8.83. The summed E-state index contributed by atoms with van der Waals surface area (Å²) in [6, 6.07) is 2.46. The number of rotatable bonds is 2. The molecule has 4 nitrogen and oxygen atoms in total. The molecule has 0 bridgehead atoms. The lowest BCUT2D eigenvalue weighted by molar-refractivity contribution is -0.141. The molecule has 0 spiro atoms. The van der Waals surface area contributed by atoms with Crippen molar-refractivity contribution in [3.63, 3.8) is 0 Å². The van der Waals surface area contributed by atoms with E-state index >= 15 is 0 Å². The lowest BCUT2D eigenvalue weighted by atomic mass is 10.1. The molecule has 0 aromatic heterocycles. The molecule has 1 heterocycles. The zero-order chi connectivity index (χ0) is 15.8. The van der Waals surface area contributed by atoms with Crippen molar-refractivity contribution in [1.82, 2.24) is 4.90 Å². The quantitative estimate of drug-likeness (QED) is 0.854. The van der Waals surface area contributed by atoms with Crippen molar-refractivity contribution in [3.05, 3.63) is 35.1 Å². The van der Waals surface area contributed by atoms with Crippen LogP contribution < -0.4 is 0 Å². The van der Waals surface area contributed by atoms with Crippen molar-refractivity contribution in [2.75, 3.05) is 13.1 Å². The van der Waals surface area contributed by atoms with Gasteiger partial charge in [-0.2, -0.15) is 13.2 Å². The molecule has 1 aromatic rings. The van der Waals surface area contributed by atoms with E-state index in [0.29, 0.717) is 6.07 Å². The maximum atomic E-state index is 13.8. The van der Waals surface area contributed by atoms with Gasteiger partial charge in [-0.05, 0) is 18.6 Å². The van der Waals surface area contributed by atoms with E-state index in [1.807, 2.05) is 0 Å². The Balaban J connectivity index is 2.27. The van der Waals surface area contributed by atoms with Crippen LogP contribution >= 0.6 is 0 Å². The van der Waals surface area contributed by atoms with Crippen LogP contribution in [0.2, 0.25) is 0 Å². The fraction of sp³-hybridized carbons (Fsp3) is 0.385. The number of hydrogen-bond acceptors (Lipinski definition) is 2. The van der Waals surface area contributed by atoms with Gasteiger partial charge >= 0.3 is 12.1 Å². The predicted octanol–water partition coefficient (Wildman–Crippen LogP) is 2.39. The molecule has 1 aromatic carbocycles. The molecule has 0 aliphatic carbocycles.